The summed E-state index contributed by atoms with van der Waals surface area (Å²) in [7, 11) is -2.43. The van der Waals surface area contributed by atoms with Crippen molar-refractivity contribution in [1.29, 1.82) is 0 Å². The lowest BCUT2D eigenvalue weighted by Crippen LogP contribution is -2.16. The molecule has 34 heavy (non-hydrogen) atoms. The second-order valence-electron chi connectivity index (χ2n) is 8.75. The summed E-state index contributed by atoms with van der Waals surface area (Å²) < 4.78 is 34.6. The van der Waals surface area contributed by atoms with Crippen molar-refractivity contribution in [2.45, 2.75) is 50.8 Å². The van der Waals surface area contributed by atoms with Crippen molar-refractivity contribution < 1.29 is 13.2 Å². The molecular formula is C25H30ClN3O3S2. The van der Waals surface area contributed by atoms with Gasteiger partial charge in [0, 0.05) is 17.3 Å². The van der Waals surface area contributed by atoms with Gasteiger partial charge in [-0.3, -0.25) is 4.72 Å². The van der Waals surface area contributed by atoms with Gasteiger partial charge in [0.15, 0.2) is 5.13 Å². The first-order valence-electron chi connectivity index (χ1n) is 11.5. The topological polar surface area (TPSA) is 80.3 Å². The van der Waals surface area contributed by atoms with E-state index in [-0.39, 0.29) is 10.6 Å². The lowest BCUT2D eigenvalue weighted by Gasteiger charge is -2.21. The number of benzene rings is 2. The Bertz CT molecular complexity index is 1270. The summed E-state index contributed by atoms with van der Waals surface area (Å²) in [6.45, 7) is 4.71. The van der Waals surface area contributed by atoms with Crippen molar-refractivity contribution in [2.75, 3.05) is 23.7 Å². The Morgan fingerprint density at radius 2 is 1.88 bits per heavy atom. The molecule has 0 unspecified atom stereocenters. The van der Waals surface area contributed by atoms with Crippen LogP contribution in [-0.2, 0) is 10.0 Å². The molecule has 0 saturated heterocycles. The van der Waals surface area contributed by atoms with Crippen LogP contribution in [-0.4, -0.2) is 27.1 Å². The quantitative estimate of drug-likeness (QED) is 0.339. The minimum absolute atomic E-state index is 0.0737. The molecule has 4 rings (SSSR count). The van der Waals surface area contributed by atoms with E-state index in [1.807, 2.05) is 19.9 Å². The molecule has 3 aromatic rings. The molecule has 9 heteroatoms. The third-order valence-electron chi connectivity index (χ3n) is 6.19. The van der Waals surface area contributed by atoms with Gasteiger partial charge in [-0.25, -0.2) is 13.4 Å². The molecular weight excluding hydrogens is 490 g/mol. The molecule has 1 aliphatic carbocycles. The first kappa shape index (κ1) is 24.8. The molecule has 1 aliphatic rings. The number of rotatable bonds is 8. The van der Waals surface area contributed by atoms with E-state index in [0.29, 0.717) is 16.6 Å². The van der Waals surface area contributed by atoms with Gasteiger partial charge < -0.3 is 10.1 Å². The monoisotopic (exact) mass is 519 g/mol. The molecule has 0 aliphatic heterocycles. The number of halogens is 1. The largest absolute Gasteiger partial charge is 0.495 e. The lowest BCUT2D eigenvalue weighted by atomic mass is 9.89. The van der Waals surface area contributed by atoms with Crippen LogP contribution in [0.4, 0.5) is 10.8 Å². The van der Waals surface area contributed by atoms with Crippen LogP contribution in [0.15, 0.2) is 41.3 Å². The third-order valence-corrected chi connectivity index (χ3v) is 9.18. The Morgan fingerprint density at radius 1 is 1.12 bits per heavy atom. The van der Waals surface area contributed by atoms with E-state index in [9.17, 15) is 8.42 Å². The molecule has 0 atom stereocenters. The van der Waals surface area contributed by atoms with Gasteiger partial charge in [0.1, 0.15) is 10.6 Å². The number of hydrogen-bond acceptors (Lipinski definition) is 6. The minimum Gasteiger partial charge on any atom is -0.495 e. The molecule has 0 radical (unpaired) electrons. The van der Waals surface area contributed by atoms with Crippen molar-refractivity contribution in [3.05, 3.63) is 52.7 Å². The predicted molar refractivity (Wildman–Crippen MR) is 141 cm³/mol. The fourth-order valence-corrected chi connectivity index (χ4v) is 6.64. The maximum Gasteiger partial charge on any atom is 0.265 e. The Morgan fingerprint density at radius 3 is 2.59 bits per heavy atom. The second kappa shape index (κ2) is 10.5. The fourth-order valence-electron chi connectivity index (χ4n) is 4.31. The molecule has 1 fully saturated rings. The predicted octanol–water partition coefficient (Wildman–Crippen LogP) is 6.88. The summed E-state index contributed by atoms with van der Waals surface area (Å²) in [5, 5.41) is 4.94. The normalized spacial score (nSPS) is 14.7. The van der Waals surface area contributed by atoms with E-state index in [4.69, 9.17) is 21.3 Å². The Hall–Kier alpha value is -2.29. The summed E-state index contributed by atoms with van der Waals surface area (Å²) in [4.78, 5) is 5.70. The van der Waals surface area contributed by atoms with Crippen LogP contribution in [0.25, 0.3) is 10.4 Å². The molecule has 2 N–H and O–H groups in total. The van der Waals surface area contributed by atoms with Crippen LogP contribution in [0.2, 0.25) is 5.02 Å². The number of methoxy groups -OCH3 is 1. The van der Waals surface area contributed by atoms with Crippen LogP contribution in [0.3, 0.4) is 0 Å². The maximum absolute atomic E-state index is 13.3. The summed E-state index contributed by atoms with van der Waals surface area (Å²) >= 11 is 7.63. The second-order valence-corrected chi connectivity index (χ2v) is 11.8. The highest BCUT2D eigenvalue weighted by atomic mass is 35.5. The number of aromatic nitrogens is 1. The molecule has 0 spiro atoms. The van der Waals surface area contributed by atoms with Gasteiger partial charge in [-0.15, -0.1) is 0 Å². The molecule has 0 bridgehead atoms. The van der Waals surface area contributed by atoms with Crippen molar-refractivity contribution in [2.24, 2.45) is 5.92 Å². The van der Waals surface area contributed by atoms with E-state index in [2.05, 4.69) is 10.0 Å². The van der Waals surface area contributed by atoms with E-state index >= 15 is 0 Å². The van der Waals surface area contributed by atoms with Crippen LogP contribution in [0.1, 0.15) is 43.4 Å². The van der Waals surface area contributed by atoms with E-state index in [0.717, 1.165) is 33.4 Å². The average Bonchev–Trinajstić information content (AvgIpc) is 3.20. The van der Waals surface area contributed by atoms with Crippen molar-refractivity contribution in [3.8, 4) is 16.2 Å². The number of hydrogen-bond donors (Lipinski definition) is 2. The van der Waals surface area contributed by atoms with Gasteiger partial charge in [0.2, 0.25) is 0 Å². The number of anilines is 2. The number of nitrogens with zero attached hydrogens (tertiary/aromatic N) is 1. The highest BCUT2D eigenvalue weighted by molar-refractivity contribution is 7.92. The van der Waals surface area contributed by atoms with Crippen LogP contribution < -0.4 is 14.8 Å². The summed E-state index contributed by atoms with van der Waals surface area (Å²) in [5.41, 5.74) is 2.88. The number of sulfonamides is 1. The third kappa shape index (κ3) is 5.67. The highest BCUT2D eigenvalue weighted by Crippen LogP contribution is 2.37. The standard InChI is InChI=1S/C25H30ClN3O3S2/c1-16-13-20(10-11-21(16)26)29-34(30,31)23-14-19(9-12-22(23)32-3)24-17(2)28-25(33-24)27-15-18-7-5-4-6-8-18/h9-14,18,29H,4-8,15H2,1-3H3,(H,27,28). The molecule has 2 aromatic carbocycles. The number of ether oxygens (including phenoxy) is 1. The zero-order chi connectivity index (χ0) is 24.3. The summed E-state index contributed by atoms with van der Waals surface area (Å²) in [5.74, 6) is 0.974. The van der Waals surface area contributed by atoms with Crippen molar-refractivity contribution in [1.82, 2.24) is 4.98 Å². The van der Waals surface area contributed by atoms with Gasteiger partial charge in [-0.2, -0.15) is 0 Å². The zero-order valence-corrected chi connectivity index (χ0v) is 22.0. The molecule has 1 aromatic heterocycles. The average molecular weight is 520 g/mol. The molecule has 1 heterocycles. The molecule has 182 valence electrons. The van der Waals surface area contributed by atoms with Crippen LogP contribution in [0, 0.1) is 19.8 Å². The SMILES string of the molecule is COc1ccc(-c2sc(NCC3CCCCC3)nc2C)cc1S(=O)(=O)Nc1ccc(Cl)c(C)c1. The Balaban J connectivity index is 1.59. The summed E-state index contributed by atoms with van der Waals surface area (Å²) in [6, 6.07) is 10.2. The number of thiazole rings is 1. The van der Waals surface area contributed by atoms with Crippen LogP contribution >= 0.6 is 22.9 Å². The molecule has 6 nitrogen and oxygen atoms in total. The maximum atomic E-state index is 13.3. The number of nitrogens with one attached hydrogen (secondary N) is 2. The van der Waals surface area contributed by atoms with Gasteiger partial charge in [-0.1, -0.05) is 42.2 Å². The van der Waals surface area contributed by atoms with Crippen LogP contribution in [0.5, 0.6) is 5.75 Å². The van der Waals surface area contributed by atoms with Gasteiger partial charge in [0.05, 0.1) is 17.7 Å². The highest BCUT2D eigenvalue weighted by Gasteiger charge is 2.22. The minimum atomic E-state index is -3.90. The van der Waals surface area contributed by atoms with Gasteiger partial charge in [0.25, 0.3) is 10.0 Å². The van der Waals surface area contributed by atoms with Gasteiger partial charge >= 0.3 is 0 Å². The Kier molecular flexibility index (Phi) is 7.70. The van der Waals surface area contributed by atoms with E-state index in [1.165, 1.54) is 39.2 Å². The van der Waals surface area contributed by atoms with Crippen molar-refractivity contribution >= 4 is 43.8 Å². The van der Waals surface area contributed by atoms with Gasteiger partial charge in [-0.05, 0) is 80.1 Å². The molecule has 0 amide bonds. The van der Waals surface area contributed by atoms with E-state index in [1.54, 1.807) is 41.7 Å². The zero-order valence-electron chi connectivity index (χ0n) is 19.7. The van der Waals surface area contributed by atoms with Crippen molar-refractivity contribution in [3.63, 3.8) is 0 Å². The fraction of sp³-hybridized carbons (Fsp3) is 0.400. The summed E-state index contributed by atoms with van der Waals surface area (Å²) in [6.07, 6.45) is 6.49. The first-order chi connectivity index (χ1) is 16.3. The Labute approximate surface area is 210 Å². The molecule has 1 saturated carbocycles. The number of aryl methyl sites for hydroxylation is 2. The smallest absolute Gasteiger partial charge is 0.265 e. The first-order valence-corrected chi connectivity index (χ1v) is 14.1. The lowest BCUT2D eigenvalue weighted by molar-refractivity contribution is 0.373. The van der Waals surface area contributed by atoms with E-state index < -0.39 is 10.0 Å².